The Morgan fingerprint density at radius 2 is 1.65 bits per heavy atom. The zero-order chi connectivity index (χ0) is 15.1. The minimum atomic E-state index is -0.606. The standard InChI is InChI=1S/C16H28N2O2/c1-10(2)12(5)18-13(11(3)4)14(19)17-16(15(18)20)8-6-7-9-16/h10-13H,6-9H2,1-5H3,(H,17,19). The highest BCUT2D eigenvalue weighted by Gasteiger charge is 2.53. The molecular weight excluding hydrogens is 252 g/mol. The summed E-state index contributed by atoms with van der Waals surface area (Å²) in [6, 6.07) is -0.232. The van der Waals surface area contributed by atoms with Crippen LogP contribution in [0.25, 0.3) is 0 Å². The summed E-state index contributed by atoms with van der Waals surface area (Å²) in [7, 11) is 0. The number of piperazine rings is 1. The molecule has 1 spiro atoms. The van der Waals surface area contributed by atoms with Crippen LogP contribution in [0.2, 0.25) is 0 Å². The molecule has 2 aliphatic rings. The van der Waals surface area contributed by atoms with Crippen molar-refractivity contribution in [2.24, 2.45) is 11.8 Å². The number of nitrogens with zero attached hydrogens (tertiary/aromatic N) is 1. The first kappa shape index (κ1) is 15.3. The zero-order valence-corrected chi connectivity index (χ0v) is 13.4. The van der Waals surface area contributed by atoms with E-state index in [2.05, 4.69) is 26.1 Å². The van der Waals surface area contributed by atoms with Gasteiger partial charge in [0.25, 0.3) is 0 Å². The van der Waals surface area contributed by atoms with E-state index in [9.17, 15) is 9.59 Å². The molecule has 2 rings (SSSR count). The summed E-state index contributed by atoms with van der Waals surface area (Å²) in [5.41, 5.74) is -0.606. The molecular formula is C16H28N2O2. The average molecular weight is 280 g/mol. The van der Waals surface area contributed by atoms with E-state index in [-0.39, 0.29) is 29.8 Å². The quantitative estimate of drug-likeness (QED) is 0.862. The topological polar surface area (TPSA) is 49.4 Å². The minimum Gasteiger partial charge on any atom is -0.340 e. The molecule has 0 aromatic heterocycles. The smallest absolute Gasteiger partial charge is 0.249 e. The van der Waals surface area contributed by atoms with Crippen molar-refractivity contribution in [1.29, 1.82) is 0 Å². The molecule has 114 valence electrons. The van der Waals surface area contributed by atoms with Gasteiger partial charge in [0.05, 0.1) is 0 Å². The van der Waals surface area contributed by atoms with Crippen LogP contribution < -0.4 is 5.32 Å². The van der Waals surface area contributed by atoms with Crippen molar-refractivity contribution >= 4 is 11.8 Å². The largest absolute Gasteiger partial charge is 0.340 e. The molecule has 4 nitrogen and oxygen atoms in total. The van der Waals surface area contributed by atoms with E-state index in [1.54, 1.807) is 0 Å². The van der Waals surface area contributed by atoms with Gasteiger partial charge in [0.1, 0.15) is 11.6 Å². The molecule has 20 heavy (non-hydrogen) atoms. The maximum atomic E-state index is 13.1. The maximum Gasteiger partial charge on any atom is 0.249 e. The normalized spacial score (nSPS) is 27.6. The highest BCUT2D eigenvalue weighted by atomic mass is 16.2. The highest BCUT2D eigenvalue weighted by Crippen LogP contribution is 2.37. The summed E-state index contributed by atoms with van der Waals surface area (Å²) in [6.07, 6.45) is 3.65. The van der Waals surface area contributed by atoms with Crippen LogP contribution >= 0.6 is 0 Å². The lowest BCUT2D eigenvalue weighted by atomic mass is 9.85. The Labute approximate surface area is 122 Å². The highest BCUT2D eigenvalue weighted by molar-refractivity contribution is 6.00. The molecule has 0 bridgehead atoms. The van der Waals surface area contributed by atoms with E-state index in [0.717, 1.165) is 25.7 Å². The van der Waals surface area contributed by atoms with Crippen LogP contribution in [0, 0.1) is 11.8 Å². The van der Waals surface area contributed by atoms with Gasteiger partial charge in [0.15, 0.2) is 0 Å². The lowest BCUT2D eigenvalue weighted by Crippen LogP contribution is -2.72. The van der Waals surface area contributed by atoms with Crippen molar-refractivity contribution in [3.05, 3.63) is 0 Å². The summed E-state index contributed by atoms with van der Waals surface area (Å²) < 4.78 is 0. The van der Waals surface area contributed by atoms with E-state index in [4.69, 9.17) is 0 Å². The molecule has 2 atom stereocenters. The van der Waals surface area contributed by atoms with Gasteiger partial charge in [0.2, 0.25) is 11.8 Å². The van der Waals surface area contributed by atoms with Crippen molar-refractivity contribution in [2.45, 2.75) is 77.9 Å². The van der Waals surface area contributed by atoms with Crippen molar-refractivity contribution in [3.63, 3.8) is 0 Å². The van der Waals surface area contributed by atoms with E-state index < -0.39 is 5.54 Å². The molecule has 2 amide bonds. The number of carbonyl (C=O) groups is 2. The molecule has 1 N–H and O–H groups in total. The third-order valence-corrected chi connectivity index (χ3v) is 5.07. The monoisotopic (exact) mass is 280 g/mol. The van der Waals surface area contributed by atoms with Crippen molar-refractivity contribution in [3.8, 4) is 0 Å². The summed E-state index contributed by atoms with van der Waals surface area (Å²) in [5, 5.41) is 3.07. The number of rotatable bonds is 3. The summed E-state index contributed by atoms with van der Waals surface area (Å²) in [6.45, 7) is 10.3. The minimum absolute atomic E-state index is 0.0361. The van der Waals surface area contributed by atoms with Gasteiger partial charge in [-0.3, -0.25) is 9.59 Å². The predicted molar refractivity (Wildman–Crippen MR) is 79.1 cm³/mol. The maximum absolute atomic E-state index is 13.1. The molecule has 1 aliphatic heterocycles. The van der Waals surface area contributed by atoms with E-state index in [1.165, 1.54) is 0 Å². The van der Waals surface area contributed by atoms with Gasteiger partial charge in [0, 0.05) is 6.04 Å². The Kier molecular flexibility index (Phi) is 4.12. The van der Waals surface area contributed by atoms with Gasteiger partial charge in [-0.1, -0.05) is 40.5 Å². The zero-order valence-electron chi connectivity index (χ0n) is 13.4. The van der Waals surface area contributed by atoms with Crippen LogP contribution in [-0.4, -0.2) is 34.3 Å². The molecule has 0 aromatic rings. The van der Waals surface area contributed by atoms with Crippen molar-refractivity contribution in [2.75, 3.05) is 0 Å². The van der Waals surface area contributed by atoms with Crippen LogP contribution in [0.4, 0.5) is 0 Å². The molecule has 0 aromatic carbocycles. The fourth-order valence-corrected chi connectivity index (χ4v) is 3.56. The first-order chi connectivity index (χ1) is 9.30. The number of carbonyl (C=O) groups excluding carboxylic acids is 2. The van der Waals surface area contributed by atoms with E-state index >= 15 is 0 Å². The van der Waals surface area contributed by atoms with Gasteiger partial charge in [-0.2, -0.15) is 0 Å². The summed E-state index contributed by atoms with van der Waals surface area (Å²) in [4.78, 5) is 27.5. The van der Waals surface area contributed by atoms with Gasteiger partial charge in [-0.15, -0.1) is 0 Å². The Morgan fingerprint density at radius 1 is 1.10 bits per heavy atom. The second kappa shape index (κ2) is 5.38. The van der Waals surface area contributed by atoms with E-state index in [0.29, 0.717) is 5.92 Å². The molecule has 2 unspecified atom stereocenters. The molecule has 1 saturated heterocycles. The number of hydrogen-bond acceptors (Lipinski definition) is 2. The average Bonchev–Trinajstić information content (AvgIpc) is 2.81. The molecule has 1 saturated carbocycles. The fourth-order valence-electron chi connectivity index (χ4n) is 3.56. The van der Waals surface area contributed by atoms with Crippen LogP contribution in [-0.2, 0) is 9.59 Å². The Morgan fingerprint density at radius 3 is 2.10 bits per heavy atom. The van der Waals surface area contributed by atoms with Crippen LogP contribution in [0.15, 0.2) is 0 Å². The van der Waals surface area contributed by atoms with E-state index in [1.807, 2.05) is 18.7 Å². The van der Waals surface area contributed by atoms with Gasteiger partial charge in [-0.25, -0.2) is 0 Å². The fraction of sp³-hybridized carbons (Fsp3) is 0.875. The van der Waals surface area contributed by atoms with Crippen LogP contribution in [0.3, 0.4) is 0 Å². The number of amides is 2. The Hall–Kier alpha value is -1.06. The first-order valence-corrected chi connectivity index (χ1v) is 7.95. The molecule has 1 heterocycles. The third-order valence-electron chi connectivity index (χ3n) is 5.07. The van der Waals surface area contributed by atoms with Crippen LogP contribution in [0.5, 0.6) is 0 Å². The van der Waals surface area contributed by atoms with Crippen molar-refractivity contribution in [1.82, 2.24) is 10.2 Å². The predicted octanol–water partition coefficient (Wildman–Crippen LogP) is 2.33. The molecule has 0 radical (unpaired) electrons. The molecule has 2 fully saturated rings. The Balaban J connectivity index is 2.38. The second-order valence-electron chi connectivity index (χ2n) is 7.16. The van der Waals surface area contributed by atoms with Gasteiger partial charge < -0.3 is 10.2 Å². The number of hydrogen-bond donors (Lipinski definition) is 1. The summed E-state index contributed by atoms with van der Waals surface area (Å²) >= 11 is 0. The number of nitrogens with one attached hydrogen (secondary N) is 1. The van der Waals surface area contributed by atoms with Crippen LogP contribution in [0.1, 0.15) is 60.3 Å². The SMILES string of the molecule is CC(C)C(C)N1C(=O)C2(CCCC2)NC(=O)C1C(C)C. The Bertz CT molecular complexity index is 397. The van der Waals surface area contributed by atoms with Crippen molar-refractivity contribution < 1.29 is 9.59 Å². The van der Waals surface area contributed by atoms with Gasteiger partial charge >= 0.3 is 0 Å². The van der Waals surface area contributed by atoms with Gasteiger partial charge in [-0.05, 0) is 31.6 Å². The lowest BCUT2D eigenvalue weighted by Gasteiger charge is -2.49. The first-order valence-electron chi connectivity index (χ1n) is 7.95. The lowest BCUT2D eigenvalue weighted by molar-refractivity contribution is -0.160. The molecule has 1 aliphatic carbocycles. The third kappa shape index (κ3) is 2.33. The summed E-state index contributed by atoms with van der Waals surface area (Å²) in [5.74, 6) is 0.673. The molecule has 4 heteroatoms. The second-order valence-corrected chi connectivity index (χ2v) is 7.16.